The maximum Gasteiger partial charge on any atom is 0.173 e. The van der Waals surface area contributed by atoms with E-state index in [-0.39, 0.29) is 0 Å². The fourth-order valence-corrected chi connectivity index (χ4v) is 2.41. The van der Waals surface area contributed by atoms with Crippen LogP contribution in [0, 0.1) is 0 Å². The van der Waals surface area contributed by atoms with Crippen LogP contribution in [0.3, 0.4) is 0 Å². The van der Waals surface area contributed by atoms with E-state index in [1.807, 2.05) is 18.2 Å². The molecule has 1 fully saturated rings. The molecule has 2 N–H and O–H groups in total. The standard InChI is InChI=1S/C12H16BrNO2/c13-11-4-2-1-3-10(11)9-12(5-6-14)15-7-8-16-12/h1-4H,5-9,14H2. The Morgan fingerprint density at radius 2 is 1.94 bits per heavy atom. The highest BCUT2D eigenvalue weighted by Gasteiger charge is 2.36. The van der Waals surface area contributed by atoms with E-state index in [9.17, 15) is 0 Å². The van der Waals surface area contributed by atoms with Gasteiger partial charge in [-0.15, -0.1) is 0 Å². The average molecular weight is 286 g/mol. The van der Waals surface area contributed by atoms with E-state index in [1.165, 1.54) is 5.56 Å². The fourth-order valence-electron chi connectivity index (χ4n) is 1.98. The number of hydrogen-bond acceptors (Lipinski definition) is 3. The van der Waals surface area contributed by atoms with Crippen molar-refractivity contribution in [3.05, 3.63) is 34.3 Å². The van der Waals surface area contributed by atoms with Gasteiger partial charge in [0.1, 0.15) is 0 Å². The Hall–Kier alpha value is -0.420. The number of ether oxygens (including phenoxy) is 2. The van der Waals surface area contributed by atoms with E-state index < -0.39 is 5.79 Å². The van der Waals surface area contributed by atoms with Crippen LogP contribution >= 0.6 is 15.9 Å². The molecular weight excluding hydrogens is 270 g/mol. The van der Waals surface area contributed by atoms with Gasteiger partial charge in [-0.2, -0.15) is 0 Å². The van der Waals surface area contributed by atoms with Crippen LogP contribution in [0.25, 0.3) is 0 Å². The quantitative estimate of drug-likeness (QED) is 0.921. The summed E-state index contributed by atoms with van der Waals surface area (Å²) in [6.45, 7) is 1.89. The van der Waals surface area contributed by atoms with Crippen molar-refractivity contribution in [1.29, 1.82) is 0 Å². The topological polar surface area (TPSA) is 44.5 Å². The van der Waals surface area contributed by atoms with E-state index in [0.717, 1.165) is 17.3 Å². The molecule has 3 nitrogen and oxygen atoms in total. The molecular formula is C12H16BrNO2. The highest BCUT2D eigenvalue weighted by molar-refractivity contribution is 9.10. The number of rotatable bonds is 4. The first kappa shape index (κ1) is 12.0. The van der Waals surface area contributed by atoms with Crippen molar-refractivity contribution in [2.45, 2.75) is 18.6 Å². The summed E-state index contributed by atoms with van der Waals surface area (Å²) in [5, 5.41) is 0. The van der Waals surface area contributed by atoms with Gasteiger partial charge in [-0.3, -0.25) is 0 Å². The molecule has 1 aliphatic heterocycles. The third-order valence-corrected chi connectivity index (χ3v) is 3.53. The summed E-state index contributed by atoms with van der Waals surface area (Å²) in [4.78, 5) is 0. The van der Waals surface area contributed by atoms with Crippen LogP contribution in [-0.2, 0) is 15.9 Å². The molecule has 1 saturated heterocycles. The van der Waals surface area contributed by atoms with Gasteiger partial charge in [-0.1, -0.05) is 34.1 Å². The van der Waals surface area contributed by atoms with E-state index in [4.69, 9.17) is 15.2 Å². The zero-order valence-corrected chi connectivity index (χ0v) is 10.7. The smallest absolute Gasteiger partial charge is 0.173 e. The van der Waals surface area contributed by atoms with Crippen molar-refractivity contribution >= 4 is 15.9 Å². The Balaban J connectivity index is 2.14. The highest BCUT2D eigenvalue weighted by Crippen LogP contribution is 2.30. The van der Waals surface area contributed by atoms with Gasteiger partial charge in [0.2, 0.25) is 0 Å². The molecule has 4 heteroatoms. The lowest BCUT2D eigenvalue weighted by Crippen LogP contribution is -2.35. The van der Waals surface area contributed by atoms with Crippen molar-refractivity contribution in [2.24, 2.45) is 5.73 Å². The maximum atomic E-state index is 5.72. The van der Waals surface area contributed by atoms with Crippen LogP contribution in [0.4, 0.5) is 0 Å². The molecule has 0 atom stereocenters. The zero-order chi connectivity index (χ0) is 11.4. The van der Waals surface area contributed by atoms with Crippen molar-refractivity contribution in [1.82, 2.24) is 0 Å². The number of halogens is 1. The van der Waals surface area contributed by atoms with Gasteiger partial charge in [-0.25, -0.2) is 0 Å². The second-order valence-electron chi connectivity index (χ2n) is 3.91. The molecule has 0 saturated carbocycles. The van der Waals surface area contributed by atoms with E-state index in [1.54, 1.807) is 0 Å². The number of benzene rings is 1. The van der Waals surface area contributed by atoms with Crippen molar-refractivity contribution in [3.8, 4) is 0 Å². The summed E-state index contributed by atoms with van der Waals surface area (Å²) < 4.78 is 12.5. The Morgan fingerprint density at radius 1 is 1.25 bits per heavy atom. The summed E-state index contributed by atoms with van der Waals surface area (Å²) in [6.07, 6.45) is 1.47. The summed E-state index contributed by atoms with van der Waals surface area (Å²) in [5.41, 5.74) is 6.81. The number of nitrogens with two attached hydrogens (primary N) is 1. The van der Waals surface area contributed by atoms with E-state index in [2.05, 4.69) is 22.0 Å². The molecule has 1 aromatic rings. The molecule has 1 aliphatic rings. The van der Waals surface area contributed by atoms with Crippen LogP contribution in [-0.4, -0.2) is 25.5 Å². The molecule has 0 spiro atoms. The van der Waals surface area contributed by atoms with Crippen LogP contribution in [0.2, 0.25) is 0 Å². The van der Waals surface area contributed by atoms with Gasteiger partial charge in [0.25, 0.3) is 0 Å². The Labute approximate surface area is 104 Å². The van der Waals surface area contributed by atoms with Gasteiger partial charge in [0.05, 0.1) is 13.2 Å². The first-order valence-corrected chi connectivity index (χ1v) is 6.26. The van der Waals surface area contributed by atoms with Gasteiger partial charge >= 0.3 is 0 Å². The fraction of sp³-hybridized carbons (Fsp3) is 0.500. The largest absolute Gasteiger partial charge is 0.347 e. The van der Waals surface area contributed by atoms with Crippen LogP contribution in [0.15, 0.2) is 28.7 Å². The molecule has 0 radical (unpaired) electrons. The molecule has 0 amide bonds. The Bertz CT molecular complexity index is 351. The first-order valence-electron chi connectivity index (χ1n) is 5.47. The van der Waals surface area contributed by atoms with Gasteiger partial charge in [0, 0.05) is 17.3 Å². The van der Waals surface area contributed by atoms with Crippen LogP contribution < -0.4 is 5.73 Å². The van der Waals surface area contributed by atoms with E-state index >= 15 is 0 Å². The highest BCUT2D eigenvalue weighted by atomic mass is 79.9. The average Bonchev–Trinajstić information content (AvgIpc) is 2.71. The van der Waals surface area contributed by atoms with Gasteiger partial charge in [0.15, 0.2) is 5.79 Å². The second-order valence-corrected chi connectivity index (χ2v) is 4.77. The SMILES string of the molecule is NCCC1(Cc2ccccc2Br)OCCO1. The minimum Gasteiger partial charge on any atom is -0.347 e. The third-order valence-electron chi connectivity index (χ3n) is 2.76. The molecule has 16 heavy (non-hydrogen) atoms. The zero-order valence-electron chi connectivity index (χ0n) is 9.12. The first-order chi connectivity index (χ1) is 7.76. The molecule has 1 heterocycles. The molecule has 0 bridgehead atoms. The lowest BCUT2D eigenvalue weighted by atomic mass is 10.0. The van der Waals surface area contributed by atoms with Crippen LogP contribution in [0.5, 0.6) is 0 Å². The predicted octanol–water partition coefficient (Wildman–Crippen LogP) is 2.08. The number of hydrogen-bond donors (Lipinski definition) is 1. The molecule has 2 rings (SSSR count). The van der Waals surface area contributed by atoms with Crippen molar-refractivity contribution in [2.75, 3.05) is 19.8 Å². The maximum absolute atomic E-state index is 5.72. The lowest BCUT2D eigenvalue weighted by Gasteiger charge is -2.27. The molecule has 88 valence electrons. The molecule has 1 aromatic carbocycles. The van der Waals surface area contributed by atoms with E-state index in [0.29, 0.717) is 19.8 Å². The molecule has 0 unspecified atom stereocenters. The minimum atomic E-state index is -0.515. The Kier molecular flexibility index (Phi) is 3.97. The molecule has 0 aromatic heterocycles. The van der Waals surface area contributed by atoms with Gasteiger partial charge in [-0.05, 0) is 18.2 Å². The summed E-state index contributed by atoms with van der Waals surface area (Å²) in [5.74, 6) is -0.515. The molecule has 0 aliphatic carbocycles. The predicted molar refractivity (Wildman–Crippen MR) is 66.2 cm³/mol. The lowest BCUT2D eigenvalue weighted by molar-refractivity contribution is -0.159. The van der Waals surface area contributed by atoms with Crippen molar-refractivity contribution < 1.29 is 9.47 Å². The third kappa shape index (κ3) is 2.63. The summed E-state index contributed by atoms with van der Waals surface area (Å²) >= 11 is 3.54. The minimum absolute atomic E-state index is 0.515. The Morgan fingerprint density at radius 3 is 2.56 bits per heavy atom. The van der Waals surface area contributed by atoms with Crippen LogP contribution in [0.1, 0.15) is 12.0 Å². The summed E-state index contributed by atoms with van der Waals surface area (Å²) in [7, 11) is 0. The monoisotopic (exact) mass is 285 g/mol. The van der Waals surface area contributed by atoms with Gasteiger partial charge < -0.3 is 15.2 Å². The second kappa shape index (κ2) is 5.27. The summed E-state index contributed by atoms with van der Waals surface area (Å²) in [6, 6.07) is 8.12. The van der Waals surface area contributed by atoms with Crippen molar-refractivity contribution in [3.63, 3.8) is 0 Å². The normalized spacial score (nSPS) is 18.9.